The molecule has 5 heteroatoms. The van der Waals surface area contributed by atoms with Gasteiger partial charge in [-0.25, -0.2) is 0 Å². The topological polar surface area (TPSA) is 78.4 Å². The van der Waals surface area contributed by atoms with Crippen LogP contribution in [0.1, 0.15) is 57.8 Å². The third-order valence-electron chi connectivity index (χ3n) is 4.59. The van der Waals surface area contributed by atoms with Crippen molar-refractivity contribution >= 4 is 11.9 Å². The summed E-state index contributed by atoms with van der Waals surface area (Å²) < 4.78 is 0. The Morgan fingerprint density at radius 1 is 0.950 bits per heavy atom. The number of amides is 1. The molecule has 0 aromatic carbocycles. The van der Waals surface area contributed by atoms with E-state index < -0.39 is 11.9 Å². The molecule has 3 N–H and O–H groups in total. The smallest absolute Gasteiger partial charge is 0.308 e. The Morgan fingerprint density at radius 2 is 1.60 bits per heavy atom. The number of rotatable bonds is 5. The normalized spacial score (nSPS) is 28.0. The molecule has 2 atom stereocenters. The molecule has 0 radical (unpaired) electrons. The molecule has 0 aromatic rings. The second-order valence-corrected chi connectivity index (χ2v) is 6.12. The van der Waals surface area contributed by atoms with Gasteiger partial charge in [-0.05, 0) is 25.7 Å². The molecule has 5 nitrogen and oxygen atoms in total. The van der Waals surface area contributed by atoms with Crippen LogP contribution in [0.4, 0.5) is 0 Å². The highest BCUT2D eigenvalue weighted by molar-refractivity contribution is 5.79. The Bertz CT molecular complexity index is 340. The van der Waals surface area contributed by atoms with Gasteiger partial charge in [0.05, 0.1) is 12.5 Å². The van der Waals surface area contributed by atoms with Gasteiger partial charge in [0.25, 0.3) is 0 Å². The van der Waals surface area contributed by atoms with Crippen LogP contribution in [-0.4, -0.2) is 35.6 Å². The van der Waals surface area contributed by atoms with Crippen LogP contribution in [0.2, 0.25) is 0 Å². The first kappa shape index (κ1) is 15.3. The van der Waals surface area contributed by atoms with E-state index in [2.05, 4.69) is 10.6 Å². The van der Waals surface area contributed by atoms with E-state index in [9.17, 15) is 14.7 Å². The highest BCUT2D eigenvalue weighted by Crippen LogP contribution is 2.24. The molecule has 0 saturated heterocycles. The van der Waals surface area contributed by atoms with Crippen LogP contribution in [0.15, 0.2) is 0 Å². The van der Waals surface area contributed by atoms with Crippen molar-refractivity contribution in [1.82, 2.24) is 10.6 Å². The van der Waals surface area contributed by atoms with Crippen molar-refractivity contribution in [3.05, 3.63) is 0 Å². The Hall–Kier alpha value is -1.10. The minimum Gasteiger partial charge on any atom is -0.481 e. The van der Waals surface area contributed by atoms with Crippen molar-refractivity contribution in [1.29, 1.82) is 0 Å². The maximum atomic E-state index is 12.0. The predicted octanol–water partition coefficient (Wildman–Crippen LogP) is 1.67. The average molecular weight is 282 g/mol. The molecule has 0 spiro atoms. The van der Waals surface area contributed by atoms with Crippen LogP contribution in [0.5, 0.6) is 0 Å². The lowest BCUT2D eigenvalue weighted by Crippen LogP contribution is -2.48. The summed E-state index contributed by atoms with van der Waals surface area (Å²) in [5.74, 6) is -1.26. The highest BCUT2D eigenvalue weighted by Gasteiger charge is 2.31. The molecular weight excluding hydrogens is 256 g/mol. The fraction of sp³-hybridized carbons (Fsp3) is 0.867. The van der Waals surface area contributed by atoms with Gasteiger partial charge in [0.2, 0.25) is 5.91 Å². The number of aliphatic carboxylic acids is 1. The van der Waals surface area contributed by atoms with Gasteiger partial charge in [0.15, 0.2) is 0 Å². The second kappa shape index (κ2) is 7.62. The van der Waals surface area contributed by atoms with Crippen LogP contribution in [0.25, 0.3) is 0 Å². The molecule has 0 unspecified atom stereocenters. The van der Waals surface area contributed by atoms with Crippen molar-refractivity contribution in [2.45, 2.75) is 69.9 Å². The molecule has 2 rings (SSSR count). The van der Waals surface area contributed by atoms with Crippen molar-refractivity contribution in [2.75, 3.05) is 6.54 Å². The third-order valence-corrected chi connectivity index (χ3v) is 4.59. The lowest BCUT2D eigenvalue weighted by Gasteiger charge is -2.29. The molecule has 2 saturated carbocycles. The van der Waals surface area contributed by atoms with E-state index in [0.717, 1.165) is 32.1 Å². The van der Waals surface area contributed by atoms with E-state index in [1.807, 2.05) is 0 Å². The summed E-state index contributed by atoms with van der Waals surface area (Å²) in [6, 6.07) is 0.262. The Balaban J connectivity index is 1.73. The molecule has 0 heterocycles. The maximum absolute atomic E-state index is 12.0. The zero-order valence-corrected chi connectivity index (χ0v) is 12.1. The first-order valence-electron chi connectivity index (χ1n) is 7.92. The standard InChI is InChI=1S/C15H26N2O3/c18-14(10-16-11-6-2-1-3-7-11)17-13-9-5-4-8-12(13)15(19)20/h11-13,16H,1-10H2,(H,17,18)(H,19,20)/t12-,13+/m0/s1. The predicted molar refractivity (Wildman–Crippen MR) is 76.4 cm³/mol. The van der Waals surface area contributed by atoms with Crippen LogP contribution in [0.3, 0.4) is 0 Å². The van der Waals surface area contributed by atoms with Gasteiger partial charge >= 0.3 is 5.97 Å². The number of carbonyl (C=O) groups is 2. The van der Waals surface area contributed by atoms with E-state index in [0.29, 0.717) is 19.0 Å². The summed E-state index contributed by atoms with van der Waals surface area (Å²) in [5.41, 5.74) is 0. The zero-order chi connectivity index (χ0) is 14.4. The monoisotopic (exact) mass is 282 g/mol. The van der Waals surface area contributed by atoms with E-state index in [4.69, 9.17) is 0 Å². The molecule has 2 aliphatic carbocycles. The Labute approximate surface area is 120 Å². The number of carboxylic acid groups (broad SMARTS) is 1. The van der Waals surface area contributed by atoms with Crippen molar-refractivity contribution < 1.29 is 14.7 Å². The molecule has 0 aliphatic heterocycles. The summed E-state index contributed by atoms with van der Waals surface area (Å²) in [6.45, 7) is 0.313. The maximum Gasteiger partial charge on any atom is 0.308 e. The number of hydrogen-bond donors (Lipinski definition) is 3. The van der Waals surface area contributed by atoms with Crippen LogP contribution in [-0.2, 0) is 9.59 Å². The van der Waals surface area contributed by atoms with Gasteiger partial charge in [0, 0.05) is 12.1 Å². The summed E-state index contributed by atoms with van der Waals surface area (Å²) >= 11 is 0. The van der Waals surface area contributed by atoms with Gasteiger partial charge in [-0.1, -0.05) is 32.1 Å². The minimum atomic E-state index is -0.782. The van der Waals surface area contributed by atoms with E-state index in [1.165, 1.54) is 19.3 Å². The number of carboxylic acids is 1. The van der Waals surface area contributed by atoms with Gasteiger partial charge < -0.3 is 15.7 Å². The van der Waals surface area contributed by atoms with Gasteiger partial charge in [-0.15, -0.1) is 0 Å². The highest BCUT2D eigenvalue weighted by atomic mass is 16.4. The molecule has 2 aliphatic rings. The van der Waals surface area contributed by atoms with Crippen molar-refractivity contribution in [3.8, 4) is 0 Å². The van der Waals surface area contributed by atoms with Crippen LogP contribution >= 0.6 is 0 Å². The second-order valence-electron chi connectivity index (χ2n) is 6.12. The number of hydrogen-bond acceptors (Lipinski definition) is 3. The SMILES string of the molecule is O=C(CNC1CCCCC1)N[C@@H]1CCCC[C@@H]1C(=O)O. The average Bonchev–Trinajstić information content (AvgIpc) is 2.46. The largest absolute Gasteiger partial charge is 0.481 e. The van der Waals surface area contributed by atoms with E-state index in [-0.39, 0.29) is 11.9 Å². The van der Waals surface area contributed by atoms with E-state index >= 15 is 0 Å². The van der Waals surface area contributed by atoms with Crippen LogP contribution < -0.4 is 10.6 Å². The molecular formula is C15H26N2O3. The molecule has 114 valence electrons. The van der Waals surface area contributed by atoms with Gasteiger partial charge in [0.1, 0.15) is 0 Å². The molecule has 0 bridgehead atoms. The summed E-state index contributed by atoms with van der Waals surface area (Å²) in [7, 11) is 0. The number of nitrogens with one attached hydrogen (secondary N) is 2. The Kier molecular flexibility index (Phi) is 5.83. The molecule has 0 aromatic heterocycles. The molecule has 20 heavy (non-hydrogen) atoms. The van der Waals surface area contributed by atoms with Crippen LogP contribution in [0, 0.1) is 5.92 Å². The fourth-order valence-electron chi connectivity index (χ4n) is 3.40. The lowest BCUT2D eigenvalue weighted by atomic mass is 9.84. The van der Waals surface area contributed by atoms with Crippen molar-refractivity contribution in [2.24, 2.45) is 5.92 Å². The summed E-state index contributed by atoms with van der Waals surface area (Å²) in [4.78, 5) is 23.1. The molecule has 1 amide bonds. The fourth-order valence-corrected chi connectivity index (χ4v) is 3.40. The first-order valence-corrected chi connectivity index (χ1v) is 7.92. The zero-order valence-electron chi connectivity index (χ0n) is 12.1. The molecule has 2 fully saturated rings. The number of carbonyl (C=O) groups excluding carboxylic acids is 1. The minimum absolute atomic E-state index is 0.0614. The summed E-state index contributed by atoms with van der Waals surface area (Å²) in [6.07, 6.45) is 9.48. The first-order chi connectivity index (χ1) is 9.66. The lowest BCUT2D eigenvalue weighted by molar-refractivity contribution is -0.144. The van der Waals surface area contributed by atoms with Gasteiger partial charge in [-0.2, -0.15) is 0 Å². The van der Waals surface area contributed by atoms with Gasteiger partial charge in [-0.3, -0.25) is 9.59 Å². The quantitative estimate of drug-likeness (QED) is 0.716. The third kappa shape index (κ3) is 4.47. The Morgan fingerprint density at radius 3 is 2.30 bits per heavy atom. The van der Waals surface area contributed by atoms with E-state index in [1.54, 1.807) is 0 Å². The summed E-state index contributed by atoms with van der Waals surface area (Å²) in [5, 5.41) is 15.4. The van der Waals surface area contributed by atoms with Crippen molar-refractivity contribution in [3.63, 3.8) is 0 Å².